The van der Waals surface area contributed by atoms with E-state index in [1.165, 1.54) is 11.8 Å². The van der Waals surface area contributed by atoms with Crippen LogP contribution in [0.5, 0.6) is 5.75 Å². The van der Waals surface area contributed by atoms with Gasteiger partial charge in [-0.15, -0.1) is 11.8 Å². The van der Waals surface area contributed by atoms with Crippen molar-refractivity contribution in [3.05, 3.63) is 83.4 Å². The van der Waals surface area contributed by atoms with Crippen LogP contribution in [0, 0.1) is 13.8 Å². The Morgan fingerprint density at radius 3 is 2.41 bits per heavy atom. The van der Waals surface area contributed by atoms with Gasteiger partial charge in [0.15, 0.2) is 0 Å². The number of hydrogen-bond acceptors (Lipinski definition) is 4. The standard InChI is InChI=1S/C26H28N2O3S/c1-5-24(26(30)28-23-15-17(2)9-10-18(23)3)32-22-8-6-7-20(16-22)27-25(29)19-11-13-21(31-4)14-12-19/h6-16,24H,5H2,1-4H3,(H,27,29)(H,28,30). The Balaban J connectivity index is 1.67. The van der Waals surface area contributed by atoms with Gasteiger partial charge in [-0.05, 0) is 79.9 Å². The van der Waals surface area contributed by atoms with Crippen LogP contribution < -0.4 is 15.4 Å². The van der Waals surface area contributed by atoms with Crippen LogP contribution in [0.1, 0.15) is 34.8 Å². The lowest BCUT2D eigenvalue weighted by Gasteiger charge is -2.17. The second-order valence-electron chi connectivity index (χ2n) is 7.53. The number of nitrogens with one attached hydrogen (secondary N) is 2. The normalized spacial score (nSPS) is 11.5. The number of carbonyl (C=O) groups is 2. The molecule has 0 aliphatic carbocycles. The summed E-state index contributed by atoms with van der Waals surface area (Å²) in [5, 5.41) is 5.73. The molecule has 166 valence electrons. The van der Waals surface area contributed by atoms with E-state index in [2.05, 4.69) is 10.6 Å². The maximum Gasteiger partial charge on any atom is 0.255 e. The molecule has 0 spiro atoms. The van der Waals surface area contributed by atoms with Crippen molar-refractivity contribution in [3.8, 4) is 5.75 Å². The van der Waals surface area contributed by atoms with E-state index >= 15 is 0 Å². The first-order valence-electron chi connectivity index (χ1n) is 10.5. The molecule has 3 aromatic rings. The van der Waals surface area contributed by atoms with Crippen LogP contribution in [0.25, 0.3) is 0 Å². The molecule has 3 aromatic carbocycles. The molecule has 0 heterocycles. The summed E-state index contributed by atoms with van der Waals surface area (Å²) in [4.78, 5) is 26.4. The van der Waals surface area contributed by atoms with Crippen LogP contribution in [0.3, 0.4) is 0 Å². The number of benzene rings is 3. The molecule has 2 amide bonds. The van der Waals surface area contributed by atoms with Crippen LogP contribution in [-0.2, 0) is 4.79 Å². The first-order chi connectivity index (χ1) is 15.4. The number of anilines is 2. The smallest absolute Gasteiger partial charge is 0.255 e. The van der Waals surface area contributed by atoms with E-state index in [9.17, 15) is 9.59 Å². The van der Waals surface area contributed by atoms with E-state index in [-0.39, 0.29) is 17.1 Å². The fraction of sp³-hybridized carbons (Fsp3) is 0.231. The number of thioether (sulfide) groups is 1. The molecular formula is C26H28N2O3S. The number of aryl methyl sites for hydroxylation is 2. The zero-order valence-corrected chi connectivity index (χ0v) is 19.6. The average molecular weight is 449 g/mol. The average Bonchev–Trinajstić information content (AvgIpc) is 2.80. The molecule has 0 saturated carbocycles. The maximum atomic E-state index is 12.9. The zero-order valence-electron chi connectivity index (χ0n) is 18.8. The Hall–Kier alpha value is -3.25. The van der Waals surface area contributed by atoms with E-state index in [1.54, 1.807) is 31.4 Å². The minimum Gasteiger partial charge on any atom is -0.497 e. The first-order valence-corrected chi connectivity index (χ1v) is 11.4. The molecule has 0 fully saturated rings. The largest absolute Gasteiger partial charge is 0.497 e. The van der Waals surface area contributed by atoms with Gasteiger partial charge in [0.25, 0.3) is 5.91 Å². The highest BCUT2D eigenvalue weighted by molar-refractivity contribution is 8.00. The highest BCUT2D eigenvalue weighted by Gasteiger charge is 2.19. The van der Waals surface area contributed by atoms with Crippen LogP contribution in [0.2, 0.25) is 0 Å². The number of carbonyl (C=O) groups excluding carboxylic acids is 2. The maximum absolute atomic E-state index is 12.9. The fourth-order valence-electron chi connectivity index (χ4n) is 3.16. The number of amides is 2. The van der Waals surface area contributed by atoms with Crippen molar-refractivity contribution in [2.75, 3.05) is 17.7 Å². The Labute approximate surface area is 193 Å². The summed E-state index contributed by atoms with van der Waals surface area (Å²) in [6.45, 7) is 5.99. The number of rotatable bonds is 8. The van der Waals surface area contributed by atoms with Gasteiger partial charge < -0.3 is 15.4 Å². The summed E-state index contributed by atoms with van der Waals surface area (Å²) >= 11 is 1.49. The minimum absolute atomic E-state index is 0.0288. The van der Waals surface area contributed by atoms with Crippen molar-refractivity contribution in [1.29, 1.82) is 0 Å². The molecule has 2 N–H and O–H groups in total. The molecule has 32 heavy (non-hydrogen) atoms. The summed E-state index contributed by atoms with van der Waals surface area (Å²) in [6.07, 6.45) is 0.684. The summed E-state index contributed by atoms with van der Waals surface area (Å²) in [5.41, 5.74) is 4.21. The van der Waals surface area contributed by atoms with Gasteiger partial charge in [-0.2, -0.15) is 0 Å². The van der Waals surface area contributed by atoms with Gasteiger partial charge in [-0.25, -0.2) is 0 Å². The van der Waals surface area contributed by atoms with E-state index in [1.807, 2.05) is 63.2 Å². The molecule has 3 rings (SSSR count). The number of ether oxygens (including phenoxy) is 1. The molecule has 0 bridgehead atoms. The predicted octanol–water partition coefficient (Wildman–Crippen LogP) is 6.07. The van der Waals surface area contributed by atoms with Gasteiger partial charge >= 0.3 is 0 Å². The molecule has 1 atom stereocenters. The highest BCUT2D eigenvalue weighted by Crippen LogP contribution is 2.29. The first kappa shape index (κ1) is 23.4. The van der Waals surface area contributed by atoms with Crippen LogP contribution in [0.4, 0.5) is 11.4 Å². The SMILES string of the molecule is CCC(Sc1cccc(NC(=O)c2ccc(OC)cc2)c1)C(=O)Nc1cc(C)ccc1C. The van der Waals surface area contributed by atoms with E-state index in [4.69, 9.17) is 4.74 Å². The monoisotopic (exact) mass is 448 g/mol. The summed E-state index contributed by atoms with van der Waals surface area (Å²) in [5.74, 6) is 0.470. The Morgan fingerprint density at radius 2 is 1.72 bits per heavy atom. The molecule has 1 unspecified atom stereocenters. The van der Waals surface area contributed by atoms with Gasteiger partial charge in [0.1, 0.15) is 5.75 Å². The third kappa shape index (κ3) is 6.14. The van der Waals surface area contributed by atoms with Crippen molar-refractivity contribution >= 4 is 35.0 Å². The highest BCUT2D eigenvalue weighted by atomic mass is 32.2. The second-order valence-corrected chi connectivity index (χ2v) is 8.81. The third-order valence-corrected chi connectivity index (χ3v) is 6.39. The van der Waals surface area contributed by atoms with E-state index < -0.39 is 0 Å². The summed E-state index contributed by atoms with van der Waals surface area (Å²) < 4.78 is 5.13. The van der Waals surface area contributed by atoms with Gasteiger partial charge in [-0.3, -0.25) is 9.59 Å². The molecular weight excluding hydrogens is 420 g/mol. The van der Waals surface area contributed by atoms with Gasteiger partial charge in [0, 0.05) is 21.8 Å². The lowest BCUT2D eigenvalue weighted by molar-refractivity contribution is -0.115. The Bertz CT molecular complexity index is 1100. The summed E-state index contributed by atoms with van der Waals surface area (Å²) in [7, 11) is 1.59. The summed E-state index contributed by atoms with van der Waals surface area (Å²) in [6, 6.07) is 20.5. The Kier molecular flexibility index (Phi) is 7.95. The predicted molar refractivity (Wildman–Crippen MR) is 132 cm³/mol. The molecule has 0 radical (unpaired) electrons. The molecule has 6 heteroatoms. The molecule has 0 aliphatic heterocycles. The third-order valence-electron chi connectivity index (χ3n) is 5.04. The van der Waals surface area contributed by atoms with Gasteiger partial charge in [0.05, 0.1) is 12.4 Å². The second kappa shape index (κ2) is 10.9. The topological polar surface area (TPSA) is 67.4 Å². The molecule has 0 saturated heterocycles. The van der Waals surface area contributed by atoms with Crippen LogP contribution >= 0.6 is 11.8 Å². The lowest BCUT2D eigenvalue weighted by atomic mass is 10.1. The number of hydrogen-bond donors (Lipinski definition) is 2. The van der Waals surface area contributed by atoms with E-state index in [0.29, 0.717) is 23.4 Å². The van der Waals surface area contributed by atoms with Crippen molar-refractivity contribution in [1.82, 2.24) is 0 Å². The quantitative estimate of drug-likeness (QED) is 0.410. The molecule has 5 nitrogen and oxygen atoms in total. The van der Waals surface area contributed by atoms with Crippen molar-refractivity contribution < 1.29 is 14.3 Å². The van der Waals surface area contributed by atoms with E-state index in [0.717, 1.165) is 21.7 Å². The minimum atomic E-state index is -0.248. The lowest BCUT2D eigenvalue weighted by Crippen LogP contribution is -2.25. The molecule has 0 aliphatic rings. The Morgan fingerprint density at radius 1 is 0.969 bits per heavy atom. The van der Waals surface area contributed by atoms with Crippen LogP contribution in [-0.4, -0.2) is 24.2 Å². The van der Waals surface area contributed by atoms with Gasteiger partial charge in [-0.1, -0.05) is 25.1 Å². The van der Waals surface area contributed by atoms with Crippen LogP contribution in [0.15, 0.2) is 71.6 Å². The van der Waals surface area contributed by atoms with Gasteiger partial charge in [0.2, 0.25) is 5.91 Å². The van der Waals surface area contributed by atoms with Crippen molar-refractivity contribution in [2.24, 2.45) is 0 Å². The number of methoxy groups -OCH3 is 1. The molecule has 0 aromatic heterocycles. The zero-order chi connectivity index (χ0) is 23.1. The fourth-order valence-corrected chi connectivity index (χ4v) is 4.18. The van der Waals surface area contributed by atoms with Crippen molar-refractivity contribution in [2.45, 2.75) is 37.3 Å². The van der Waals surface area contributed by atoms with Crippen molar-refractivity contribution in [3.63, 3.8) is 0 Å².